The third-order valence-corrected chi connectivity index (χ3v) is 17.9. The smallest absolute Gasteiger partial charge is 0.164 e. The van der Waals surface area contributed by atoms with Crippen LogP contribution in [0, 0.1) is 0 Å². The molecule has 424 valence electrons. The van der Waals surface area contributed by atoms with E-state index in [9.17, 15) is 0 Å². The molecule has 0 atom stereocenters. The van der Waals surface area contributed by atoms with Crippen LogP contribution in [-0.2, 0) is 5.41 Å². The largest absolute Gasteiger partial charge is 0.292 e. The fourth-order valence-corrected chi connectivity index (χ4v) is 13.9. The molecule has 16 aromatic rings. The van der Waals surface area contributed by atoms with Crippen LogP contribution in [0.4, 0.5) is 0 Å². The lowest BCUT2D eigenvalue weighted by Crippen LogP contribution is -2.25. The Kier molecular flexibility index (Phi) is 11.9. The minimum Gasteiger partial charge on any atom is -0.292 e. The van der Waals surface area contributed by atoms with Gasteiger partial charge < -0.3 is 0 Å². The zero-order chi connectivity index (χ0) is 60.0. The van der Waals surface area contributed by atoms with Crippen molar-refractivity contribution in [3.05, 3.63) is 326 Å². The van der Waals surface area contributed by atoms with Crippen LogP contribution < -0.4 is 0 Å². The molecule has 0 saturated carbocycles. The van der Waals surface area contributed by atoms with Crippen LogP contribution in [0.3, 0.4) is 0 Å². The van der Waals surface area contributed by atoms with Gasteiger partial charge in [-0.2, -0.15) is 0 Å². The molecule has 91 heavy (non-hydrogen) atoms. The average molecular weight is 1160 g/mol. The summed E-state index contributed by atoms with van der Waals surface area (Å²) < 4.78 is 4.44. The first-order chi connectivity index (χ1) is 45.1. The minimum absolute atomic E-state index is 0.568. The number of para-hydroxylation sites is 6. The van der Waals surface area contributed by atoms with E-state index in [1.165, 1.54) is 11.1 Å². The molecule has 4 aromatic heterocycles. The van der Waals surface area contributed by atoms with Crippen molar-refractivity contribution >= 4 is 22.1 Å². The zero-order valence-electron chi connectivity index (χ0n) is 48.8. The van der Waals surface area contributed by atoms with Crippen molar-refractivity contribution in [2.24, 2.45) is 0 Å². The highest BCUT2D eigenvalue weighted by Crippen LogP contribution is 2.65. The van der Waals surface area contributed by atoms with Crippen LogP contribution in [0.2, 0.25) is 0 Å². The number of hydrogen-bond acceptors (Lipinski definition) is 8. The van der Waals surface area contributed by atoms with Gasteiger partial charge in [-0.25, -0.2) is 39.9 Å². The van der Waals surface area contributed by atoms with Crippen LogP contribution in [0.5, 0.6) is 0 Å². The van der Waals surface area contributed by atoms with E-state index < -0.39 is 5.41 Å². The Labute approximate surface area is 523 Å². The summed E-state index contributed by atoms with van der Waals surface area (Å²) in [6.07, 6.45) is 0. The summed E-state index contributed by atoms with van der Waals surface area (Å²) in [5, 5.41) is 0. The fourth-order valence-electron chi connectivity index (χ4n) is 13.9. The predicted octanol–water partition coefficient (Wildman–Crippen LogP) is 18.4. The van der Waals surface area contributed by atoms with Crippen molar-refractivity contribution in [2.75, 3.05) is 0 Å². The first-order valence-corrected chi connectivity index (χ1v) is 30.5. The minimum atomic E-state index is -0.738. The number of nitrogens with zero attached hydrogens (tertiary/aromatic N) is 10. The SMILES string of the molecule is c1ccc(-c2nc(-c3ccc(-c4nc5ccccc5n4-c4ccccc4)cc3)nc(-c3cccc4c3-c3ccccc3C43c4ccccc4-c4c(-c5nc(-c6ccccc6)nc(-c6ccc(-c7nc8ccccc8n7-c7ccccc7)cc6)n5)cccc43)n2)cc1. The van der Waals surface area contributed by atoms with Crippen molar-refractivity contribution in [3.8, 4) is 125 Å². The maximum Gasteiger partial charge on any atom is 0.164 e. The molecule has 0 radical (unpaired) electrons. The number of fused-ring (bicyclic) bond motifs is 12. The van der Waals surface area contributed by atoms with Gasteiger partial charge in [-0.1, -0.05) is 255 Å². The van der Waals surface area contributed by atoms with Crippen LogP contribution in [0.15, 0.2) is 303 Å². The lowest BCUT2D eigenvalue weighted by Gasteiger charge is -2.30. The highest BCUT2D eigenvalue weighted by atomic mass is 15.1. The molecule has 0 amide bonds. The Morgan fingerprint density at radius 1 is 0.209 bits per heavy atom. The van der Waals surface area contributed by atoms with Crippen molar-refractivity contribution in [2.45, 2.75) is 5.41 Å². The summed E-state index contributed by atoms with van der Waals surface area (Å²) in [5.41, 5.74) is 21.6. The van der Waals surface area contributed by atoms with Gasteiger partial charge in [-0.15, -0.1) is 0 Å². The third-order valence-electron chi connectivity index (χ3n) is 17.9. The molecule has 2 aliphatic carbocycles. The standard InChI is InChI=1S/C81H50N10/c1-5-23-51(24-6-1)73-84-75(53-43-47-55(48-44-53)79-82-67-39-17-19-41-69(67)90(79)57-27-9-3-10-28-57)88-77(86-73)61-33-21-37-65-71(61)59-31-13-15-35-63(59)81(65)64-36-16-14-32-60(64)72-62(34-22-38-66(72)81)78-87-74(52-25-7-2-8-26-52)85-76(89-78)54-45-49-56(50-46-54)80-83-68-40-18-20-42-70(68)91(80)58-29-11-4-12-30-58/h1-50H. The maximum absolute atomic E-state index is 5.45. The van der Waals surface area contributed by atoms with Crippen molar-refractivity contribution < 1.29 is 0 Å². The van der Waals surface area contributed by atoms with Crippen LogP contribution in [-0.4, -0.2) is 49.0 Å². The number of imidazole rings is 2. The zero-order valence-corrected chi connectivity index (χ0v) is 48.8. The monoisotopic (exact) mass is 1160 g/mol. The molecular formula is C81H50N10. The first kappa shape index (κ1) is 51.8. The molecule has 2 aliphatic rings. The Balaban J connectivity index is 0.782. The van der Waals surface area contributed by atoms with Gasteiger partial charge in [0, 0.05) is 55.9 Å². The Morgan fingerprint density at radius 3 is 0.912 bits per heavy atom. The highest BCUT2D eigenvalue weighted by molar-refractivity contribution is 6.02. The normalized spacial score (nSPS) is 12.5. The van der Waals surface area contributed by atoms with E-state index in [0.29, 0.717) is 34.9 Å². The summed E-state index contributed by atoms with van der Waals surface area (Å²) in [7, 11) is 0. The van der Waals surface area contributed by atoms with E-state index in [0.717, 1.165) is 123 Å². The number of rotatable bonds is 10. The van der Waals surface area contributed by atoms with Gasteiger partial charge >= 0.3 is 0 Å². The topological polar surface area (TPSA) is 113 Å². The number of hydrogen-bond donors (Lipinski definition) is 0. The second kappa shape index (κ2) is 20.9. The molecule has 12 aromatic carbocycles. The van der Waals surface area contributed by atoms with E-state index in [1.807, 2.05) is 60.7 Å². The molecule has 0 saturated heterocycles. The van der Waals surface area contributed by atoms with E-state index in [2.05, 4.69) is 252 Å². The Hall–Kier alpha value is -12.4. The average Bonchev–Trinajstić information content (AvgIpc) is 1.51. The molecule has 18 rings (SSSR count). The van der Waals surface area contributed by atoms with Gasteiger partial charge in [0.1, 0.15) is 11.6 Å². The Bertz CT molecular complexity index is 5170. The summed E-state index contributed by atoms with van der Waals surface area (Å²) in [5.74, 6) is 5.17. The summed E-state index contributed by atoms with van der Waals surface area (Å²) >= 11 is 0. The molecule has 4 heterocycles. The quantitative estimate of drug-likeness (QED) is 0.133. The third kappa shape index (κ3) is 8.27. The van der Waals surface area contributed by atoms with Crippen LogP contribution in [0.25, 0.3) is 147 Å². The summed E-state index contributed by atoms with van der Waals surface area (Å²) in [6.45, 7) is 0. The molecule has 0 aliphatic heterocycles. The summed E-state index contributed by atoms with van der Waals surface area (Å²) in [4.78, 5) is 42.5. The van der Waals surface area contributed by atoms with E-state index in [4.69, 9.17) is 39.9 Å². The summed E-state index contributed by atoms with van der Waals surface area (Å²) in [6, 6.07) is 106. The van der Waals surface area contributed by atoms with Crippen molar-refractivity contribution in [3.63, 3.8) is 0 Å². The number of benzene rings is 12. The molecule has 0 N–H and O–H groups in total. The maximum atomic E-state index is 5.45. The lowest BCUT2D eigenvalue weighted by atomic mass is 9.70. The predicted molar refractivity (Wildman–Crippen MR) is 362 cm³/mol. The van der Waals surface area contributed by atoms with Crippen LogP contribution in [0.1, 0.15) is 22.3 Å². The van der Waals surface area contributed by atoms with Crippen molar-refractivity contribution in [1.29, 1.82) is 0 Å². The first-order valence-electron chi connectivity index (χ1n) is 30.5. The van der Waals surface area contributed by atoms with Gasteiger partial charge in [0.15, 0.2) is 34.9 Å². The molecule has 0 unspecified atom stereocenters. The molecule has 0 fully saturated rings. The molecular weight excluding hydrogens is 1110 g/mol. The highest BCUT2D eigenvalue weighted by Gasteiger charge is 2.53. The van der Waals surface area contributed by atoms with E-state index >= 15 is 0 Å². The van der Waals surface area contributed by atoms with Crippen molar-refractivity contribution in [1.82, 2.24) is 49.0 Å². The fraction of sp³-hybridized carbons (Fsp3) is 0.0123. The second-order valence-corrected chi connectivity index (χ2v) is 23.0. The van der Waals surface area contributed by atoms with Gasteiger partial charge in [0.05, 0.1) is 27.5 Å². The second-order valence-electron chi connectivity index (χ2n) is 23.0. The molecule has 1 spiro atoms. The van der Waals surface area contributed by atoms with Gasteiger partial charge in [-0.3, -0.25) is 9.13 Å². The molecule has 10 nitrogen and oxygen atoms in total. The molecule has 10 heteroatoms. The van der Waals surface area contributed by atoms with Gasteiger partial charge in [-0.05, 0) is 93.0 Å². The van der Waals surface area contributed by atoms with Crippen LogP contribution >= 0.6 is 0 Å². The van der Waals surface area contributed by atoms with E-state index in [-0.39, 0.29) is 0 Å². The van der Waals surface area contributed by atoms with Gasteiger partial charge in [0.2, 0.25) is 0 Å². The Morgan fingerprint density at radius 2 is 0.505 bits per heavy atom. The molecule has 0 bridgehead atoms. The van der Waals surface area contributed by atoms with E-state index in [1.54, 1.807) is 0 Å². The number of aromatic nitrogens is 10. The lowest BCUT2D eigenvalue weighted by molar-refractivity contribution is 0.794. The van der Waals surface area contributed by atoms with Gasteiger partial charge in [0.25, 0.3) is 0 Å².